The molecule has 2 aliphatic rings. The monoisotopic (exact) mass is 466 g/mol. The molecule has 2 atom stereocenters. The number of nitrogens with one attached hydrogen (secondary N) is 2. The number of β-amino-alcohol motifs (C(OH)–C–C–N with tert-alkyl or cyclic N) is 1. The van der Waals surface area contributed by atoms with Crippen molar-refractivity contribution in [3.05, 3.63) is 48.1 Å². The molecule has 3 aromatic heterocycles. The zero-order valence-electron chi connectivity index (χ0n) is 19.1. The van der Waals surface area contributed by atoms with Crippen LogP contribution in [0.1, 0.15) is 44.0 Å². The number of aromatic nitrogens is 5. The van der Waals surface area contributed by atoms with Crippen molar-refractivity contribution in [1.82, 2.24) is 24.5 Å². The predicted molar refractivity (Wildman–Crippen MR) is 125 cm³/mol. The quantitative estimate of drug-likeness (QED) is 0.474. The number of fused-ring (bicyclic) bond motifs is 1. The molecule has 2 unspecified atom stereocenters. The lowest BCUT2D eigenvalue weighted by Crippen LogP contribution is -2.40. The molecule has 11 heteroatoms. The first-order valence-electron chi connectivity index (χ1n) is 11.4. The van der Waals surface area contributed by atoms with E-state index in [1.54, 1.807) is 11.2 Å². The van der Waals surface area contributed by atoms with Gasteiger partial charge in [0.15, 0.2) is 0 Å². The smallest absolute Gasteiger partial charge is 0.247 e. The molecule has 3 aromatic rings. The number of imidazole rings is 1. The zero-order chi connectivity index (χ0) is 23.8. The standard InChI is InChI=1S/C23H27FN8O2/c1-13(2)31-11-20(26-12-31)29-21-16-4-3-5-17(16)28-23(30-21)32-10-15(33)8-18(32)22(34)27-14-6-7-19(24)25-9-14/h6-7,9,11-13,15,18,33H,3-5,8,10H2,1-2H3,(H,27,34)(H,28,29,30). The first-order valence-corrected chi connectivity index (χ1v) is 11.4. The molecule has 3 N–H and O–H groups in total. The Bertz CT molecular complexity index is 1200. The Hall–Kier alpha value is -3.60. The molecular formula is C23H27FN8O2. The van der Waals surface area contributed by atoms with Crippen LogP contribution in [0.4, 0.5) is 27.7 Å². The van der Waals surface area contributed by atoms with Crippen molar-refractivity contribution in [2.45, 2.75) is 57.7 Å². The maximum absolute atomic E-state index is 13.1. The number of hydrogen-bond donors (Lipinski definition) is 3. The molecule has 178 valence electrons. The number of aliphatic hydroxyl groups excluding tert-OH is 1. The number of hydrogen-bond acceptors (Lipinski definition) is 8. The van der Waals surface area contributed by atoms with Crippen LogP contribution in [0.15, 0.2) is 30.9 Å². The van der Waals surface area contributed by atoms with Gasteiger partial charge in [0.25, 0.3) is 0 Å². The number of halogens is 1. The van der Waals surface area contributed by atoms with Crippen molar-refractivity contribution in [2.75, 3.05) is 22.1 Å². The van der Waals surface area contributed by atoms with Crippen LogP contribution in [0.3, 0.4) is 0 Å². The number of carbonyl (C=O) groups excluding carboxylic acids is 1. The van der Waals surface area contributed by atoms with Crippen LogP contribution in [0, 0.1) is 5.95 Å². The number of aryl methyl sites for hydroxylation is 1. The second-order valence-corrected chi connectivity index (χ2v) is 8.99. The summed E-state index contributed by atoms with van der Waals surface area (Å²) in [7, 11) is 0. The van der Waals surface area contributed by atoms with Crippen molar-refractivity contribution in [3.63, 3.8) is 0 Å². The molecule has 0 aromatic carbocycles. The van der Waals surface area contributed by atoms with Gasteiger partial charge in [-0.15, -0.1) is 0 Å². The molecule has 4 heterocycles. The third-order valence-electron chi connectivity index (χ3n) is 6.20. The topological polar surface area (TPSA) is 121 Å². The highest BCUT2D eigenvalue weighted by molar-refractivity contribution is 5.97. The molecule has 0 spiro atoms. The average Bonchev–Trinajstić information content (AvgIpc) is 3.54. The van der Waals surface area contributed by atoms with E-state index in [9.17, 15) is 14.3 Å². The number of nitrogens with zero attached hydrogens (tertiary/aromatic N) is 6. The highest BCUT2D eigenvalue weighted by Crippen LogP contribution is 2.33. The van der Waals surface area contributed by atoms with E-state index in [4.69, 9.17) is 9.97 Å². The molecular weight excluding hydrogens is 439 g/mol. The Balaban J connectivity index is 1.42. The SMILES string of the molecule is CC(C)n1cnc(Nc2nc(N3CC(O)CC3C(=O)Nc3ccc(F)nc3)nc3c2CCC3)c1. The van der Waals surface area contributed by atoms with Crippen LogP contribution in [-0.4, -0.2) is 54.2 Å². The minimum atomic E-state index is -0.697. The number of amides is 1. The summed E-state index contributed by atoms with van der Waals surface area (Å²) in [6.07, 6.45) is 7.18. The lowest BCUT2D eigenvalue weighted by Gasteiger charge is -2.25. The van der Waals surface area contributed by atoms with Crippen molar-refractivity contribution < 1.29 is 14.3 Å². The number of carbonyl (C=O) groups is 1. The number of anilines is 4. The number of rotatable bonds is 6. The third-order valence-corrected chi connectivity index (χ3v) is 6.20. The Labute approximate surface area is 196 Å². The van der Waals surface area contributed by atoms with Gasteiger partial charge in [0.2, 0.25) is 17.8 Å². The highest BCUT2D eigenvalue weighted by atomic mass is 19.1. The Morgan fingerprint density at radius 3 is 2.82 bits per heavy atom. The third kappa shape index (κ3) is 4.43. The van der Waals surface area contributed by atoms with Gasteiger partial charge in [-0.1, -0.05) is 0 Å². The first-order chi connectivity index (χ1) is 16.4. The van der Waals surface area contributed by atoms with Crippen molar-refractivity contribution in [1.29, 1.82) is 0 Å². The van der Waals surface area contributed by atoms with Crippen LogP contribution in [-0.2, 0) is 17.6 Å². The van der Waals surface area contributed by atoms with Gasteiger partial charge in [0.05, 0.1) is 30.0 Å². The Morgan fingerprint density at radius 1 is 1.24 bits per heavy atom. The maximum atomic E-state index is 13.1. The average molecular weight is 467 g/mol. The normalized spacial score (nSPS) is 19.5. The van der Waals surface area contributed by atoms with Gasteiger partial charge < -0.3 is 25.2 Å². The highest BCUT2D eigenvalue weighted by Gasteiger charge is 2.38. The van der Waals surface area contributed by atoms with Crippen LogP contribution >= 0.6 is 0 Å². The second-order valence-electron chi connectivity index (χ2n) is 8.99. The summed E-state index contributed by atoms with van der Waals surface area (Å²) >= 11 is 0. The molecule has 1 fully saturated rings. The summed E-state index contributed by atoms with van der Waals surface area (Å²) in [5.74, 6) is 0.794. The fraction of sp³-hybridized carbons (Fsp3) is 0.435. The summed E-state index contributed by atoms with van der Waals surface area (Å²) in [4.78, 5) is 32.3. The fourth-order valence-electron chi connectivity index (χ4n) is 4.41. The molecule has 1 aliphatic heterocycles. The van der Waals surface area contributed by atoms with Crippen LogP contribution in [0.5, 0.6) is 0 Å². The molecule has 0 radical (unpaired) electrons. The van der Waals surface area contributed by atoms with Crippen LogP contribution < -0.4 is 15.5 Å². The van der Waals surface area contributed by atoms with E-state index in [0.717, 1.165) is 30.5 Å². The van der Waals surface area contributed by atoms with E-state index >= 15 is 0 Å². The number of pyridine rings is 1. The molecule has 1 aliphatic carbocycles. The van der Waals surface area contributed by atoms with Crippen LogP contribution in [0.25, 0.3) is 0 Å². The van der Waals surface area contributed by atoms with Gasteiger partial charge in [0, 0.05) is 30.8 Å². The first kappa shape index (κ1) is 22.2. The zero-order valence-corrected chi connectivity index (χ0v) is 19.1. The van der Waals surface area contributed by atoms with E-state index in [-0.39, 0.29) is 24.9 Å². The summed E-state index contributed by atoms with van der Waals surface area (Å²) in [6, 6.07) is 2.24. The van der Waals surface area contributed by atoms with Crippen molar-refractivity contribution in [2.24, 2.45) is 0 Å². The minimum absolute atomic E-state index is 0.236. The van der Waals surface area contributed by atoms with E-state index in [0.29, 0.717) is 23.3 Å². The largest absolute Gasteiger partial charge is 0.391 e. The number of aliphatic hydroxyl groups is 1. The molecule has 0 bridgehead atoms. The molecule has 10 nitrogen and oxygen atoms in total. The van der Waals surface area contributed by atoms with E-state index in [1.165, 1.54) is 18.3 Å². The summed E-state index contributed by atoms with van der Waals surface area (Å²) in [6.45, 7) is 4.40. The Kier molecular flexibility index (Phi) is 5.86. The van der Waals surface area contributed by atoms with Gasteiger partial charge in [-0.25, -0.2) is 15.0 Å². The Morgan fingerprint density at radius 2 is 2.09 bits per heavy atom. The molecule has 1 amide bonds. The summed E-state index contributed by atoms with van der Waals surface area (Å²) < 4.78 is 15.1. The molecule has 1 saturated heterocycles. The fourth-order valence-corrected chi connectivity index (χ4v) is 4.41. The van der Waals surface area contributed by atoms with Gasteiger partial charge in [-0.3, -0.25) is 4.79 Å². The van der Waals surface area contributed by atoms with E-state index in [1.807, 2.05) is 10.8 Å². The maximum Gasteiger partial charge on any atom is 0.247 e. The van der Waals surface area contributed by atoms with Gasteiger partial charge in [0.1, 0.15) is 17.7 Å². The van der Waals surface area contributed by atoms with E-state index in [2.05, 4.69) is 34.4 Å². The minimum Gasteiger partial charge on any atom is -0.391 e. The molecule has 0 saturated carbocycles. The van der Waals surface area contributed by atoms with Gasteiger partial charge in [-0.2, -0.15) is 9.37 Å². The van der Waals surface area contributed by atoms with Gasteiger partial charge >= 0.3 is 0 Å². The van der Waals surface area contributed by atoms with Crippen molar-refractivity contribution in [3.8, 4) is 0 Å². The second kappa shape index (κ2) is 8.98. The lowest BCUT2D eigenvalue weighted by atomic mass is 10.2. The molecule has 5 rings (SSSR count). The van der Waals surface area contributed by atoms with Gasteiger partial charge in [-0.05, 0) is 45.2 Å². The van der Waals surface area contributed by atoms with Crippen LogP contribution in [0.2, 0.25) is 0 Å². The van der Waals surface area contributed by atoms with E-state index < -0.39 is 18.1 Å². The van der Waals surface area contributed by atoms with Crippen molar-refractivity contribution >= 4 is 29.2 Å². The molecule has 34 heavy (non-hydrogen) atoms. The predicted octanol–water partition coefficient (Wildman–Crippen LogP) is 2.60. The lowest BCUT2D eigenvalue weighted by molar-refractivity contribution is -0.117. The summed E-state index contributed by atoms with van der Waals surface area (Å²) in [5, 5.41) is 16.4. The summed E-state index contributed by atoms with van der Waals surface area (Å²) in [5.41, 5.74) is 2.38.